The molecule has 3 N–H and O–H groups in total. The van der Waals surface area contributed by atoms with E-state index in [0.717, 1.165) is 0 Å². The summed E-state index contributed by atoms with van der Waals surface area (Å²) in [7, 11) is 0. The first-order valence-electron chi connectivity index (χ1n) is 7.57. The van der Waals surface area contributed by atoms with Gasteiger partial charge in [0.1, 0.15) is 6.54 Å². The Bertz CT molecular complexity index is 1220. The van der Waals surface area contributed by atoms with E-state index < -0.39 is 0 Å². The Morgan fingerprint density at radius 3 is 2.76 bits per heavy atom. The molecule has 0 aliphatic rings. The first-order valence-corrected chi connectivity index (χ1v) is 7.57. The van der Waals surface area contributed by atoms with Crippen LogP contribution in [-0.2, 0) is 11.3 Å². The number of hydrogen-bond acceptors (Lipinski definition) is 4. The number of nitrogens with one attached hydrogen (secondary N) is 3. The minimum absolute atomic E-state index is 0.135. The summed E-state index contributed by atoms with van der Waals surface area (Å²) in [4.78, 5) is 45.0. The van der Waals surface area contributed by atoms with E-state index in [9.17, 15) is 14.4 Å². The highest BCUT2D eigenvalue weighted by Gasteiger charge is 2.10. The average Bonchev–Trinajstić information content (AvgIpc) is 2.97. The Morgan fingerprint density at radius 2 is 1.88 bits per heavy atom. The molecule has 8 heteroatoms. The van der Waals surface area contributed by atoms with Gasteiger partial charge in [0, 0.05) is 5.69 Å². The van der Waals surface area contributed by atoms with Crippen LogP contribution >= 0.6 is 0 Å². The second-order valence-corrected chi connectivity index (χ2v) is 5.56. The van der Waals surface area contributed by atoms with Gasteiger partial charge in [-0.25, -0.2) is 9.78 Å². The molecule has 4 rings (SSSR count). The lowest BCUT2D eigenvalue weighted by molar-refractivity contribution is -0.116. The van der Waals surface area contributed by atoms with Crippen LogP contribution in [0.3, 0.4) is 0 Å². The number of H-pyrrole nitrogens is 2. The molecule has 2 aromatic heterocycles. The molecule has 0 spiro atoms. The highest BCUT2D eigenvalue weighted by Crippen LogP contribution is 2.15. The van der Waals surface area contributed by atoms with Crippen LogP contribution in [0.1, 0.15) is 0 Å². The number of aromatic nitrogens is 4. The number of benzene rings is 2. The van der Waals surface area contributed by atoms with Gasteiger partial charge in [0.25, 0.3) is 5.56 Å². The van der Waals surface area contributed by atoms with Gasteiger partial charge in [0.2, 0.25) is 5.91 Å². The fraction of sp³-hybridized carbons (Fsp3) is 0.0588. The van der Waals surface area contributed by atoms with Crippen LogP contribution in [0, 0.1) is 0 Å². The lowest BCUT2D eigenvalue weighted by Gasteiger charge is -2.10. The molecule has 0 saturated carbocycles. The summed E-state index contributed by atoms with van der Waals surface area (Å²) in [5, 5.41) is 2.73. The summed E-state index contributed by atoms with van der Waals surface area (Å²) in [6.07, 6.45) is 1.20. The van der Waals surface area contributed by atoms with E-state index in [1.165, 1.54) is 10.8 Å². The average molecular weight is 335 g/mol. The Morgan fingerprint density at radius 1 is 1.08 bits per heavy atom. The molecular formula is C17H13N5O3. The number of carbonyl (C=O) groups excluding carboxylic acids is 1. The number of fused-ring (bicyclic) bond motifs is 2. The molecule has 25 heavy (non-hydrogen) atoms. The number of nitrogens with zero attached hydrogens (tertiary/aromatic N) is 2. The quantitative estimate of drug-likeness (QED) is 0.522. The first-order chi connectivity index (χ1) is 12.1. The maximum absolute atomic E-state index is 12.3. The summed E-state index contributed by atoms with van der Waals surface area (Å²) in [5.74, 6) is -0.351. The molecule has 0 bridgehead atoms. The second kappa shape index (κ2) is 5.75. The molecule has 0 fully saturated rings. The summed E-state index contributed by atoms with van der Waals surface area (Å²) >= 11 is 0. The van der Waals surface area contributed by atoms with Crippen LogP contribution in [0.15, 0.2) is 58.3 Å². The van der Waals surface area contributed by atoms with Crippen LogP contribution in [0.2, 0.25) is 0 Å². The number of rotatable bonds is 3. The maximum atomic E-state index is 12.3. The number of imidazole rings is 1. The summed E-state index contributed by atoms with van der Waals surface area (Å²) in [6.45, 7) is -0.135. The van der Waals surface area contributed by atoms with Crippen LogP contribution in [0.25, 0.3) is 22.1 Å². The third kappa shape index (κ3) is 2.80. The van der Waals surface area contributed by atoms with Crippen molar-refractivity contribution >= 4 is 33.7 Å². The third-order valence-corrected chi connectivity index (χ3v) is 3.85. The van der Waals surface area contributed by atoms with Crippen molar-refractivity contribution in [1.82, 2.24) is 19.5 Å². The molecule has 0 aliphatic carbocycles. The van der Waals surface area contributed by atoms with Crippen molar-refractivity contribution in [3.8, 4) is 0 Å². The van der Waals surface area contributed by atoms with Crippen molar-refractivity contribution in [2.75, 3.05) is 5.32 Å². The van der Waals surface area contributed by atoms with Crippen molar-refractivity contribution in [2.45, 2.75) is 6.54 Å². The van der Waals surface area contributed by atoms with E-state index in [1.807, 2.05) is 6.07 Å². The predicted molar refractivity (Wildman–Crippen MR) is 93.6 cm³/mol. The zero-order chi connectivity index (χ0) is 17.4. The van der Waals surface area contributed by atoms with Crippen molar-refractivity contribution in [3.05, 3.63) is 69.5 Å². The third-order valence-electron chi connectivity index (χ3n) is 3.85. The Kier molecular flexibility index (Phi) is 3.42. The van der Waals surface area contributed by atoms with Gasteiger partial charge in [-0.2, -0.15) is 0 Å². The summed E-state index contributed by atoms with van der Waals surface area (Å²) < 4.78 is 1.37. The van der Waals surface area contributed by atoms with E-state index in [1.54, 1.807) is 36.4 Å². The Labute approximate surface area is 140 Å². The molecule has 0 unspecified atom stereocenters. The minimum atomic E-state index is -0.351. The Hall–Kier alpha value is -3.68. The van der Waals surface area contributed by atoms with E-state index >= 15 is 0 Å². The van der Waals surface area contributed by atoms with Crippen molar-refractivity contribution in [2.24, 2.45) is 0 Å². The SMILES string of the molecule is O=C(Cn1c(=O)cnc2ccccc21)Nc1ccc2[nH]c(=O)[nH]c2c1. The zero-order valence-electron chi connectivity index (χ0n) is 12.9. The van der Waals surface area contributed by atoms with Gasteiger partial charge in [0.15, 0.2) is 0 Å². The smallest absolute Gasteiger partial charge is 0.323 e. The van der Waals surface area contributed by atoms with E-state index in [2.05, 4.69) is 20.3 Å². The number of hydrogen-bond donors (Lipinski definition) is 3. The van der Waals surface area contributed by atoms with E-state index in [-0.39, 0.29) is 23.7 Å². The summed E-state index contributed by atoms with van der Waals surface area (Å²) in [6, 6.07) is 12.1. The van der Waals surface area contributed by atoms with Gasteiger partial charge in [-0.15, -0.1) is 0 Å². The molecule has 0 aliphatic heterocycles. The normalized spacial score (nSPS) is 11.0. The maximum Gasteiger partial charge on any atom is 0.323 e. The standard InChI is InChI=1S/C17H13N5O3/c23-15(19-10-5-6-11-13(7-10)21-17(25)20-11)9-22-14-4-2-1-3-12(14)18-8-16(22)24/h1-8H,9H2,(H,19,23)(H2,20,21,25). The number of anilines is 1. The second-order valence-electron chi connectivity index (χ2n) is 5.56. The fourth-order valence-electron chi connectivity index (χ4n) is 2.73. The first kappa shape index (κ1) is 14.9. The van der Waals surface area contributed by atoms with Crippen molar-refractivity contribution < 1.29 is 4.79 Å². The molecule has 2 heterocycles. The minimum Gasteiger partial charge on any atom is -0.324 e. The largest absolute Gasteiger partial charge is 0.324 e. The zero-order valence-corrected chi connectivity index (χ0v) is 12.9. The van der Waals surface area contributed by atoms with Gasteiger partial charge in [-0.05, 0) is 30.3 Å². The molecule has 0 atom stereocenters. The molecule has 0 saturated heterocycles. The van der Waals surface area contributed by atoms with Gasteiger partial charge < -0.3 is 15.3 Å². The molecule has 0 radical (unpaired) electrons. The van der Waals surface area contributed by atoms with E-state index in [0.29, 0.717) is 27.8 Å². The molecule has 1 amide bonds. The van der Waals surface area contributed by atoms with Gasteiger partial charge in [-0.3, -0.25) is 14.2 Å². The van der Waals surface area contributed by atoms with Gasteiger partial charge in [0.05, 0.1) is 28.3 Å². The Balaban J connectivity index is 1.62. The number of amides is 1. The van der Waals surface area contributed by atoms with Gasteiger partial charge in [-0.1, -0.05) is 12.1 Å². The van der Waals surface area contributed by atoms with Crippen LogP contribution in [-0.4, -0.2) is 25.4 Å². The topological polar surface area (TPSA) is 113 Å². The monoisotopic (exact) mass is 335 g/mol. The molecular weight excluding hydrogens is 322 g/mol. The highest BCUT2D eigenvalue weighted by molar-refractivity contribution is 5.93. The van der Waals surface area contributed by atoms with Crippen LogP contribution in [0.4, 0.5) is 5.69 Å². The van der Waals surface area contributed by atoms with Crippen molar-refractivity contribution in [3.63, 3.8) is 0 Å². The van der Waals surface area contributed by atoms with Gasteiger partial charge >= 0.3 is 5.69 Å². The van der Waals surface area contributed by atoms with Crippen LogP contribution < -0.4 is 16.6 Å². The van der Waals surface area contributed by atoms with Crippen molar-refractivity contribution in [1.29, 1.82) is 0 Å². The van der Waals surface area contributed by atoms with Crippen LogP contribution in [0.5, 0.6) is 0 Å². The molecule has 8 nitrogen and oxygen atoms in total. The number of carbonyl (C=O) groups is 1. The highest BCUT2D eigenvalue weighted by atomic mass is 16.2. The van der Waals surface area contributed by atoms with E-state index in [4.69, 9.17) is 0 Å². The fourth-order valence-corrected chi connectivity index (χ4v) is 2.73. The molecule has 124 valence electrons. The number of aromatic amines is 2. The number of para-hydroxylation sites is 2. The molecule has 4 aromatic rings. The summed E-state index contributed by atoms with van der Waals surface area (Å²) in [5.41, 5.74) is 2.34. The lowest BCUT2D eigenvalue weighted by Crippen LogP contribution is -2.27. The lowest BCUT2D eigenvalue weighted by atomic mass is 10.2. The predicted octanol–water partition coefficient (Wildman–Crippen LogP) is 1.20. The molecule has 2 aromatic carbocycles.